The Morgan fingerprint density at radius 2 is 2.17 bits per heavy atom. The highest BCUT2D eigenvalue weighted by atomic mass is 79.9. The Bertz CT molecular complexity index is 493. The smallest absolute Gasteiger partial charge is 0.121 e. The molecule has 0 aromatic carbocycles. The molecule has 2 rings (SSSR count). The van der Waals surface area contributed by atoms with Crippen LogP contribution in [0.15, 0.2) is 39.4 Å². The molecular formula is C14H17BrN2O. The summed E-state index contributed by atoms with van der Waals surface area (Å²) < 4.78 is 6.69. The lowest BCUT2D eigenvalue weighted by Crippen LogP contribution is -2.22. The van der Waals surface area contributed by atoms with E-state index in [1.807, 2.05) is 37.4 Å². The van der Waals surface area contributed by atoms with Crippen molar-refractivity contribution in [3.8, 4) is 0 Å². The molecule has 0 aliphatic rings. The molecule has 0 bridgehead atoms. The van der Waals surface area contributed by atoms with Gasteiger partial charge in [-0.25, -0.2) is 0 Å². The molecule has 2 aromatic heterocycles. The fourth-order valence-electron chi connectivity index (χ4n) is 1.90. The zero-order valence-corrected chi connectivity index (χ0v) is 12.2. The van der Waals surface area contributed by atoms with Crippen LogP contribution in [-0.2, 0) is 6.42 Å². The first kappa shape index (κ1) is 13.3. The number of aromatic nitrogens is 1. The number of halogens is 1. The Labute approximate surface area is 116 Å². The minimum absolute atomic E-state index is 0.178. The molecule has 0 saturated heterocycles. The summed E-state index contributed by atoms with van der Waals surface area (Å²) in [5.74, 6) is 1.91. The Morgan fingerprint density at radius 3 is 2.72 bits per heavy atom. The van der Waals surface area contributed by atoms with Gasteiger partial charge in [0.15, 0.2) is 0 Å². The van der Waals surface area contributed by atoms with Crippen LogP contribution in [0.1, 0.15) is 30.2 Å². The van der Waals surface area contributed by atoms with Gasteiger partial charge >= 0.3 is 0 Å². The van der Waals surface area contributed by atoms with Crippen molar-refractivity contribution in [1.29, 1.82) is 0 Å². The Morgan fingerprint density at radius 1 is 1.33 bits per heavy atom. The van der Waals surface area contributed by atoms with E-state index in [1.54, 1.807) is 0 Å². The second-order valence-corrected chi connectivity index (χ2v) is 5.15. The zero-order chi connectivity index (χ0) is 13.0. The molecule has 1 N–H and O–H groups in total. The predicted octanol–water partition coefficient (Wildman–Crippen LogP) is 3.64. The minimum Gasteiger partial charge on any atom is -0.465 e. The van der Waals surface area contributed by atoms with Crippen LogP contribution < -0.4 is 5.32 Å². The normalized spacial score (nSPS) is 12.6. The molecular weight excluding hydrogens is 292 g/mol. The summed E-state index contributed by atoms with van der Waals surface area (Å²) in [5.41, 5.74) is 1.05. The highest BCUT2D eigenvalue weighted by molar-refractivity contribution is 9.10. The molecule has 2 heterocycles. The zero-order valence-electron chi connectivity index (χ0n) is 10.6. The number of hydrogen-bond donors (Lipinski definition) is 1. The maximum absolute atomic E-state index is 5.69. The fourth-order valence-corrected chi connectivity index (χ4v) is 2.13. The Hall–Kier alpha value is -1.13. The first-order valence-corrected chi connectivity index (χ1v) is 6.88. The summed E-state index contributed by atoms with van der Waals surface area (Å²) in [7, 11) is 0. The van der Waals surface area contributed by atoms with Crippen LogP contribution in [0.4, 0.5) is 0 Å². The van der Waals surface area contributed by atoms with Crippen LogP contribution in [-0.4, -0.2) is 11.5 Å². The molecule has 18 heavy (non-hydrogen) atoms. The molecule has 0 radical (unpaired) electrons. The van der Waals surface area contributed by atoms with Gasteiger partial charge in [-0.05, 0) is 53.7 Å². The minimum atomic E-state index is 0.178. The van der Waals surface area contributed by atoms with E-state index in [-0.39, 0.29) is 6.04 Å². The number of pyridine rings is 1. The summed E-state index contributed by atoms with van der Waals surface area (Å²) >= 11 is 3.39. The van der Waals surface area contributed by atoms with E-state index >= 15 is 0 Å². The summed E-state index contributed by atoms with van der Waals surface area (Å²) in [4.78, 5) is 4.40. The number of nitrogens with zero attached hydrogens (tertiary/aromatic N) is 1. The van der Waals surface area contributed by atoms with Gasteiger partial charge in [0.05, 0.1) is 6.04 Å². The number of hydrogen-bond acceptors (Lipinski definition) is 3. The third kappa shape index (κ3) is 3.43. The van der Waals surface area contributed by atoms with E-state index in [4.69, 9.17) is 4.42 Å². The van der Waals surface area contributed by atoms with Gasteiger partial charge in [-0.1, -0.05) is 6.92 Å². The van der Waals surface area contributed by atoms with E-state index in [1.165, 1.54) is 0 Å². The highest BCUT2D eigenvalue weighted by Gasteiger charge is 2.15. The van der Waals surface area contributed by atoms with Crippen LogP contribution >= 0.6 is 15.9 Å². The monoisotopic (exact) mass is 308 g/mol. The van der Waals surface area contributed by atoms with Crippen LogP contribution in [0.5, 0.6) is 0 Å². The Balaban J connectivity index is 2.13. The predicted molar refractivity (Wildman–Crippen MR) is 75.5 cm³/mol. The lowest BCUT2D eigenvalue weighted by Gasteiger charge is -2.15. The second-order valence-electron chi connectivity index (χ2n) is 4.23. The van der Waals surface area contributed by atoms with Gasteiger partial charge in [0.1, 0.15) is 11.5 Å². The maximum atomic E-state index is 5.69. The van der Waals surface area contributed by atoms with E-state index in [2.05, 4.69) is 33.2 Å². The van der Waals surface area contributed by atoms with Crippen molar-refractivity contribution >= 4 is 15.9 Å². The molecule has 0 aliphatic carbocycles. The number of nitrogens with one attached hydrogen (secondary N) is 1. The number of rotatable bonds is 5. The van der Waals surface area contributed by atoms with E-state index in [9.17, 15) is 0 Å². The standard InChI is InChI=1S/C14H17BrN2O/c1-3-16-13(14-7-4-10(2)18-14)8-12-6-5-11(15)9-17-12/h4-7,9,13,16H,3,8H2,1-2H3. The molecule has 1 atom stereocenters. The van der Waals surface area contributed by atoms with Gasteiger partial charge < -0.3 is 9.73 Å². The average molecular weight is 309 g/mol. The number of aryl methyl sites for hydroxylation is 1. The molecule has 0 saturated carbocycles. The lowest BCUT2D eigenvalue weighted by molar-refractivity contribution is 0.401. The Kier molecular flexibility index (Phi) is 4.55. The number of likely N-dealkylation sites (N-methyl/N-ethyl adjacent to an activating group) is 1. The molecule has 4 heteroatoms. The van der Waals surface area contributed by atoms with Crippen molar-refractivity contribution in [2.45, 2.75) is 26.3 Å². The quantitative estimate of drug-likeness (QED) is 0.916. The molecule has 3 nitrogen and oxygen atoms in total. The number of furan rings is 1. The van der Waals surface area contributed by atoms with Gasteiger partial charge in [-0.2, -0.15) is 0 Å². The third-order valence-electron chi connectivity index (χ3n) is 2.76. The van der Waals surface area contributed by atoms with Gasteiger partial charge in [0, 0.05) is 22.8 Å². The van der Waals surface area contributed by atoms with Crippen molar-refractivity contribution < 1.29 is 4.42 Å². The first-order chi connectivity index (χ1) is 8.69. The molecule has 96 valence electrons. The molecule has 1 unspecified atom stereocenters. The van der Waals surface area contributed by atoms with E-state index < -0.39 is 0 Å². The lowest BCUT2D eigenvalue weighted by atomic mass is 10.1. The topological polar surface area (TPSA) is 38.1 Å². The largest absolute Gasteiger partial charge is 0.465 e. The second kappa shape index (κ2) is 6.16. The van der Waals surface area contributed by atoms with E-state index in [0.29, 0.717) is 0 Å². The van der Waals surface area contributed by atoms with Crippen molar-refractivity contribution in [2.75, 3.05) is 6.54 Å². The fraction of sp³-hybridized carbons (Fsp3) is 0.357. The van der Waals surface area contributed by atoms with Gasteiger partial charge in [0.2, 0.25) is 0 Å². The van der Waals surface area contributed by atoms with Gasteiger partial charge in [-0.3, -0.25) is 4.98 Å². The van der Waals surface area contributed by atoms with E-state index in [0.717, 1.165) is 34.7 Å². The first-order valence-electron chi connectivity index (χ1n) is 6.09. The van der Waals surface area contributed by atoms with Crippen LogP contribution in [0.2, 0.25) is 0 Å². The van der Waals surface area contributed by atoms with Crippen molar-refractivity contribution in [3.05, 3.63) is 52.1 Å². The van der Waals surface area contributed by atoms with Gasteiger partial charge in [-0.15, -0.1) is 0 Å². The molecule has 0 fully saturated rings. The summed E-state index contributed by atoms with van der Waals surface area (Å²) in [6, 6.07) is 8.25. The molecule has 0 aliphatic heterocycles. The summed E-state index contributed by atoms with van der Waals surface area (Å²) in [6.45, 7) is 4.96. The average Bonchev–Trinajstić information content (AvgIpc) is 2.78. The highest BCUT2D eigenvalue weighted by Crippen LogP contribution is 2.20. The van der Waals surface area contributed by atoms with Crippen molar-refractivity contribution in [3.63, 3.8) is 0 Å². The van der Waals surface area contributed by atoms with Crippen molar-refractivity contribution in [1.82, 2.24) is 10.3 Å². The van der Waals surface area contributed by atoms with Gasteiger partial charge in [0.25, 0.3) is 0 Å². The maximum Gasteiger partial charge on any atom is 0.121 e. The molecule has 0 spiro atoms. The van der Waals surface area contributed by atoms with Crippen LogP contribution in [0.25, 0.3) is 0 Å². The van der Waals surface area contributed by atoms with Crippen LogP contribution in [0, 0.1) is 6.92 Å². The van der Waals surface area contributed by atoms with Crippen LogP contribution in [0.3, 0.4) is 0 Å². The molecule has 0 amide bonds. The summed E-state index contributed by atoms with van der Waals surface area (Å²) in [5, 5.41) is 3.43. The SMILES string of the molecule is CCNC(Cc1ccc(Br)cn1)c1ccc(C)o1. The summed E-state index contributed by atoms with van der Waals surface area (Å²) in [6.07, 6.45) is 2.65. The molecule has 2 aromatic rings. The van der Waals surface area contributed by atoms with Crippen molar-refractivity contribution in [2.24, 2.45) is 0 Å². The third-order valence-corrected chi connectivity index (χ3v) is 3.23.